The van der Waals surface area contributed by atoms with Gasteiger partial charge >= 0.3 is 0 Å². The zero-order chi connectivity index (χ0) is 10.4. The molecule has 1 heterocycles. The summed E-state index contributed by atoms with van der Waals surface area (Å²) in [6.07, 6.45) is 4.14. The average Bonchev–Trinajstić information content (AvgIpc) is 2.19. The summed E-state index contributed by atoms with van der Waals surface area (Å²) in [6.45, 7) is 7.07. The summed E-state index contributed by atoms with van der Waals surface area (Å²) in [5.41, 5.74) is 0. The summed E-state index contributed by atoms with van der Waals surface area (Å²) in [6, 6.07) is 0. The summed E-state index contributed by atoms with van der Waals surface area (Å²) in [5.74, 6) is 0.538. The first kappa shape index (κ1) is 12.3. The Kier molecular flexibility index (Phi) is 5.83. The van der Waals surface area contributed by atoms with Gasteiger partial charge in [-0.1, -0.05) is 13.8 Å². The van der Waals surface area contributed by atoms with Crippen LogP contribution in [-0.2, 0) is 4.74 Å². The van der Waals surface area contributed by atoms with Crippen LogP contribution in [0.25, 0.3) is 0 Å². The van der Waals surface area contributed by atoms with Gasteiger partial charge in [-0.05, 0) is 25.2 Å². The van der Waals surface area contributed by atoms with Gasteiger partial charge in [0.05, 0.1) is 6.10 Å². The highest BCUT2D eigenvalue weighted by Crippen LogP contribution is 2.12. The average molecular weight is 220 g/mol. The lowest BCUT2D eigenvalue weighted by Gasteiger charge is -2.23. The van der Waals surface area contributed by atoms with Gasteiger partial charge in [-0.25, -0.2) is 0 Å². The van der Waals surface area contributed by atoms with E-state index in [1.54, 1.807) is 0 Å². The van der Waals surface area contributed by atoms with Crippen LogP contribution in [0.2, 0.25) is 0 Å². The highest BCUT2D eigenvalue weighted by atomic mass is 35.5. The highest BCUT2D eigenvalue weighted by Gasteiger charge is 2.14. The van der Waals surface area contributed by atoms with Crippen LogP contribution in [-0.4, -0.2) is 31.2 Å². The molecule has 2 atom stereocenters. The molecule has 0 aromatic rings. The van der Waals surface area contributed by atoms with Crippen molar-refractivity contribution in [3.05, 3.63) is 0 Å². The zero-order valence-electron chi connectivity index (χ0n) is 9.26. The number of alkyl halides is 1. The summed E-state index contributed by atoms with van der Waals surface area (Å²) in [5, 5.41) is 3.61. The number of halogens is 1. The Morgan fingerprint density at radius 1 is 1.43 bits per heavy atom. The molecule has 1 N–H and O–H groups in total. The predicted molar refractivity (Wildman–Crippen MR) is 60.9 cm³/mol. The van der Waals surface area contributed by atoms with E-state index in [9.17, 15) is 0 Å². The molecule has 0 spiro atoms. The van der Waals surface area contributed by atoms with Gasteiger partial charge in [0.25, 0.3) is 0 Å². The molecule has 0 aliphatic carbocycles. The molecule has 84 valence electrons. The first-order valence-corrected chi connectivity index (χ1v) is 6.10. The Morgan fingerprint density at radius 2 is 2.21 bits per heavy atom. The summed E-state index contributed by atoms with van der Waals surface area (Å²) >= 11 is 6.13. The molecule has 1 aliphatic rings. The molecule has 14 heavy (non-hydrogen) atoms. The van der Waals surface area contributed by atoms with Crippen LogP contribution in [0.5, 0.6) is 0 Å². The number of hydrogen-bond acceptors (Lipinski definition) is 2. The van der Waals surface area contributed by atoms with Gasteiger partial charge in [-0.15, -0.1) is 11.6 Å². The Balaban J connectivity index is 2.02. The van der Waals surface area contributed by atoms with E-state index < -0.39 is 0 Å². The van der Waals surface area contributed by atoms with Crippen LogP contribution in [0.15, 0.2) is 0 Å². The Bertz CT molecular complexity index is 146. The quantitative estimate of drug-likeness (QED) is 0.718. The van der Waals surface area contributed by atoms with Crippen molar-refractivity contribution < 1.29 is 4.74 Å². The predicted octanol–water partition coefficient (Wildman–Crippen LogP) is 2.41. The summed E-state index contributed by atoms with van der Waals surface area (Å²) in [4.78, 5) is 0. The van der Waals surface area contributed by atoms with Gasteiger partial charge in [0, 0.05) is 25.1 Å². The maximum absolute atomic E-state index is 6.13. The number of hydrogen-bond donors (Lipinski definition) is 1. The topological polar surface area (TPSA) is 21.3 Å². The van der Waals surface area contributed by atoms with E-state index in [4.69, 9.17) is 16.3 Å². The number of nitrogens with one attached hydrogen (secondary N) is 1. The Hall–Kier alpha value is 0.210. The monoisotopic (exact) mass is 219 g/mol. The molecule has 0 bridgehead atoms. The lowest BCUT2D eigenvalue weighted by Crippen LogP contribution is -2.35. The normalized spacial score (nSPS) is 25.3. The molecule has 2 unspecified atom stereocenters. The molecule has 0 saturated carbocycles. The zero-order valence-corrected chi connectivity index (χ0v) is 10.0. The minimum Gasteiger partial charge on any atom is -0.377 e. The SMILES string of the molecule is CC(C)C(Cl)CNCC1CCCCO1. The number of ether oxygens (including phenoxy) is 1. The van der Waals surface area contributed by atoms with Crippen LogP contribution in [0.4, 0.5) is 0 Å². The van der Waals surface area contributed by atoms with E-state index in [1.165, 1.54) is 19.3 Å². The van der Waals surface area contributed by atoms with Gasteiger partial charge < -0.3 is 10.1 Å². The second kappa shape index (κ2) is 6.65. The first-order valence-electron chi connectivity index (χ1n) is 5.66. The van der Waals surface area contributed by atoms with Crippen molar-refractivity contribution in [2.75, 3.05) is 19.7 Å². The maximum Gasteiger partial charge on any atom is 0.0699 e. The van der Waals surface area contributed by atoms with E-state index in [-0.39, 0.29) is 5.38 Å². The molecule has 1 saturated heterocycles. The third-order valence-electron chi connectivity index (χ3n) is 2.71. The van der Waals surface area contributed by atoms with E-state index >= 15 is 0 Å². The maximum atomic E-state index is 6.13. The Labute approximate surface area is 92.3 Å². The van der Waals surface area contributed by atoms with Crippen molar-refractivity contribution in [3.8, 4) is 0 Å². The molecule has 2 nitrogen and oxygen atoms in total. The summed E-state index contributed by atoms with van der Waals surface area (Å²) < 4.78 is 5.61. The first-order chi connectivity index (χ1) is 6.70. The Morgan fingerprint density at radius 3 is 2.79 bits per heavy atom. The standard InChI is InChI=1S/C11H22ClNO/c1-9(2)11(12)8-13-7-10-5-3-4-6-14-10/h9-11,13H,3-8H2,1-2H3. The van der Waals surface area contributed by atoms with E-state index in [0.717, 1.165) is 19.7 Å². The van der Waals surface area contributed by atoms with Crippen molar-refractivity contribution >= 4 is 11.6 Å². The van der Waals surface area contributed by atoms with Crippen LogP contribution in [0.1, 0.15) is 33.1 Å². The molecule has 0 amide bonds. The second-order valence-corrected chi connectivity index (χ2v) is 4.97. The van der Waals surface area contributed by atoms with E-state index in [1.807, 2.05) is 0 Å². The van der Waals surface area contributed by atoms with E-state index in [0.29, 0.717) is 12.0 Å². The molecule has 0 aromatic carbocycles. The van der Waals surface area contributed by atoms with Gasteiger partial charge in [0.1, 0.15) is 0 Å². The largest absolute Gasteiger partial charge is 0.377 e. The van der Waals surface area contributed by atoms with Gasteiger partial charge in [0.15, 0.2) is 0 Å². The smallest absolute Gasteiger partial charge is 0.0699 e. The fourth-order valence-electron chi connectivity index (χ4n) is 1.59. The highest BCUT2D eigenvalue weighted by molar-refractivity contribution is 6.20. The minimum atomic E-state index is 0.235. The molecule has 0 radical (unpaired) electrons. The lowest BCUT2D eigenvalue weighted by molar-refractivity contribution is 0.0170. The molecule has 3 heteroatoms. The van der Waals surface area contributed by atoms with Crippen LogP contribution >= 0.6 is 11.6 Å². The van der Waals surface area contributed by atoms with E-state index in [2.05, 4.69) is 19.2 Å². The van der Waals surface area contributed by atoms with Crippen molar-refractivity contribution in [3.63, 3.8) is 0 Å². The fraction of sp³-hybridized carbons (Fsp3) is 1.00. The van der Waals surface area contributed by atoms with Crippen LogP contribution in [0, 0.1) is 5.92 Å². The van der Waals surface area contributed by atoms with Gasteiger partial charge in [0.2, 0.25) is 0 Å². The van der Waals surface area contributed by atoms with Crippen molar-refractivity contribution in [2.24, 2.45) is 5.92 Å². The summed E-state index contributed by atoms with van der Waals surface area (Å²) in [7, 11) is 0. The molecule has 1 rings (SSSR count). The third-order valence-corrected chi connectivity index (χ3v) is 3.37. The third kappa shape index (κ3) is 4.63. The van der Waals surface area contributed by atoms with Gasteiger partial charge in [-0.3, -0.25) is 0 Å². The molecular formula is C11H22ClNO. The van der Waals surface area contributed by atoms with Crippen molar-refractivity contribution in [2.45, 2.75) is 44.6 Å². The lowest BCUT2D eigenvalue weighted by atomic mass is 10.1. The van der Waals surface area contributed by atoms with Crippen LogP contribution < -0.4 is 5.32 Å². The molecule has 1 aliphatic heterocycles. The molecule has 0 aromatic heterocycles. The fourth-order valence-corrected chi connectivity index (χ4v) is 1.70. The second-order valence-electron chi connectivity index (χ2n) is 4.41. The van der Waals surface area contributed by atoms with Gasteiger partial charge in [-0.2, -0.15) is 0 Å². The van der Waals surface area contributed by atoms with Crippen molar-refractivity contribution in [1.29, 1.82) is 0 Å². The molecular weight excluding hydrogens is 198 g/mol. The number of rotatable bonds is 5. The van der Waals surface area contributed by atoms with Crippen molar-refractivity contribution in [1.82, 2.24) is 5.32 Å². The minimum absolute atomic E-state index is 0.235. The van der Waals surface area contributed by atoms with Crippen LogP contribution in [0.3, 0.4) is 0 Å². The molecule has 1 fully saturated rings.